The molecule has 0 bridgehead atoms. The fraction of sp³-hybridized carbons (Fsp3) is 0.423. The summed E-state index contributed by atoms with van der Waals surface area (Å²) in [6, 6.07) is 8.16. The van der Waals surface area contributed by atoms with Crippen LogP contribution < -0.4 is 15.4 Å². The minimum Gasteiger partial charge on any atom is -0.491 e. The summed E-state index contributed by atoms with van der Waals surface area (Å²) in [5, 5.41) is 6.03. The first-order chi connectivity index (χ1) is 17.9. The molecular weight excluding hydrogens is 498 g/mol. The highest BCUT2D eigenvalue weighted by Gasteiger charge is 2.31. The van der Waals surface area contributed by atoms with E-state index in [1.54, 1.807) is 46.5 Å². The van der Waals surface area contributed by atoms with Crippen LogP contribution in [0.2, 0.25) is 5.02 Å². The number of ether oxygens (including phenoxy) is 1. The summed E-state index contributed by atoms with van der Waals surface area (Å²) >= 11 is 6.06. The molecular formula is C26H30ClN5O5. The SMILES string of the molecule is O=C1CN(C(=O)C2CCN(C(=O)c3ccncc3)CC2)CCCNC(=O)c2cc(Cl)ccc2OCCN1. The molecule has 11 heteroatoms. The molecule has 3 heterocycles. The van der Waals surface area contributed by atoms with Crippen molar-refractivity contribution < 1.29 is 23.9 Å². The van der Waals surface area contributed by atoms with Crippen LogP contribution in [0.3, 0.4) is 0 Å². The molecule has 1 aromatic heterocycles. The molecule has 37 heavy (non-hydrogen) atoms. The number of rotatable bonds is 2. The molecule has 2 aromatic rings. The van der Waals surface area contributed by atoms with Crippen molar-refractivity contribution in [2.24, 2.45) is 5.92 Å². The van der Waals surface area contributed by atoms with E-state index in [-0.39, 0.29) is 49.2 Å². The summed E-state index contributed by atoms with van der Waals surface area (Å²) in [6.07, 6.45) is 4.68. The van der Waals surface area contributed by atoms with Crippen LogP contribution in [0.15, 0.2) is 42.7 Å². The van der Waals surface area contributed by atoms with Crippen LogP contribution in [0, 0.1) is 5.92 Å². The third-order valence-corrected chi connectivity index (χ3v) is 6.70. The van der Waals surface area contributed by atoms with Crippen molar-refractivity contribution in [2.75, 3.05) is 45.9 Å². The van der Waals surface area contributed by atoms with Crippen molar-refractivity contribution >= 4 is 35.2 Å². The van der Waals surface area contributed by atoms with Crippen molar-refractivity contribution in [1.82, 2.24) is 25.4 Å². The Morgan fingerprint density at radius 2 is 1.73 bits per heavy atom. The Labute approximate surface area is 220 Å². The number of amides is 4. The second kappa shape index (κ2) is 12.5. The Morgan fingerprint density at radius 3 is 2.49 bits per heavy atom. The fourth-order valence-corrected chi connectivity index (χ4v) is 4.66. The number of halogens is 1. The summed E-state index contributed by atoms with van der Waals surface area (Å²) < 4.78 is 5.69. The van der Waals surface area contributed by atoms with Gasteiger partial charge in [0.05, 0.1) is 18.7 Å². The van der Waals surface area contributed by atoms with Gasteiger partial charge in [-0.3, -0.25) is 24.2 Å². The van der Waals surface area contributed by atoms with Gasteiger partial charge >= 0.3 is 0 Å². The average molecular weight is 528 g/mol. The summed E-state index contributed by atoms with van der Waals surface area (Å²) in [5.41, 5.74) is 0.888. The van der Waals surface area contributed by atoms with Gasteiger partial charge in [-0.2, -0.15) is 0 Å². The normalized spacial score (nSPS) is 18.1. The number of nitrogens with zero attached hydrogens (tertiary/aromatic N) is 3. The molecule has 0 spiro atoms. The number of pyridine rings is 1. The van der Waals surface area contributed by atoms with Gasteiger partial charge in [0.15, 0.2) is 0 Å². The molecule has 0 unspecified atom stereocenters. The second-order valence-corrected chi connectivity index (χ2v) is 9.45. The first-order valence-corrected chi connectivity index (χ1v) is 12.8. The van der Waals surface area contributed by atoms with Gasteiger partial charge in [-0.15, -0.1) is 0 Å². The second-order valence-electron chi connectivity index (χ2n) is 9.01. The topological polar surface area (TPSA) is 121 Å². The number of aromatic nitrogens is 1. The average Bonchev–Trinajstić information content (AvgIpc) is 2.92. The molecule has 0 radical (unpaired) electrons. The van der Waals surface area contributed by atoms with Crippen LogP contribution in [-0.2, 0) is 9.59 Å². The molecule has 4 rings (SSSR count). The molecule has 1 saturated heterocycles. The Balaban J connectivity index is 1.36. The lowest BCUT2D eigenvalue weighted by Gasteiger charge is -2.34. The van der Waals surface area contributed by atoms with E-state index in [0.29, 0.717) is 67.3 Å². The monoisotopic (exact) mass is 527 g/mol. The lowest BCUT2D eigenvalue weighted by Crippen LogP contribution is -2.48. The molecule has 196 valence electrons. The number of nitrogens with one attached hydrogen (secondary N) is 2. The maximum absolute atomic E-state index is 13.4. The lowest BCUT2D eigenvalue weighted by atomic mass is 9.94. The molecule has 0 saturated carbocycles. The first kappa shape index (κ1) is 26.4. The van der Waals surface area contributed by atoms with Crippen LogP contribution in [0.4, 0.5) is 0 Å². The van der Waals surface area contributed by atoms with Crippen molar-refractivity contribution in [3.8, 4) is 5.75 Å². The molecule has 10 nitrogen and oxygen atoms in total. The van der Waals surface area contributed by atoms with E-state index in [0.717, 1.165) is 0 Å². The van der Waals surface area contributed by atoms with Gasteiger partial charge in [-0.25, -0.2) is 0 Å². The minimum absolute atomic E-state index is 0.0743. The van der Waals surface area contributed by atoms with Crippen molar-refractivity contribution in [3.05, 3.63) is 58.9 Å². The van der Waals surface area contributed by atoms with Crippen LogP contribution in [0.1, 0.15) is 40.0 Å². The number of piperidine rings is 1. The third-order valence-electron chi connectivity index (χ3n) is 6.46. The Bertz CT molecular complexity index is 1140. The number of carbonyl (C=O) groups is 4. The van der Waals surface area contributed by atoms with Gasteiger partial charge in [-0.1, -0.05) is 11.6 Å². The minimum atomic E-state index is -0.317. The zero-order valence-electron chi connectivity index (χ0n) is 20.5. The number of carbonyl (C=O) groups excluding carboxylic acids is 4. The Morgan fingerprint density at radius 1 is 0.973 bits per heavy atom. The highest BCUT2D eigenvalue weighted by Crippen LogP contribution is 2.24. The molecule has 2 aliphatic heterocycles. The van der Waals surface area contributed by atoms with Crippen LogP contribution in [0.25, 0.3) is 0 Å². The van der Waals surface area contributed by atoms with E-state index in [9.17, 15) is 19.2 Å². The molecule has 1 aromatic carbocycles. The molecule has 1 fully saturated rings. The highest BCUT2D eigenvalue weighted by molar-refractivity contribution is 6.31. The largest absolute Gasteiger partial charge is 0.491 e. The molecule has 4 amide bonds. The summed E-state index contributed by atoms with van der Waals surface area (Å²) in [4.78, 5) is 58.6. The number of hydrogen-bond acceptors (Lipinski definition) is 6. The van der Waals surface area contributed by atoms with E-state index >= 15 is 0 Å². The molecule has 0 aliphatic carbocycles. The summed E-state index contributed by atoms with van der Waals surface area (Å²) in [5.74, 6) is -0.675. The maximum atomic E-state index is 13.4. The standard InChI is InChI=1S/C26H30ClN5O5/c27-20-2-3-22-21(16-20)24(34)30-8-1-12-32(17-23(33)29-11-15-37-22)26(36)19-6-13-31(14-7-19)25(35)18-4-9-28-10-5-18/h2-5,9-10,16,19H,1,6-8,11-15,17H2,(H,29,33)(H,30,34). The third kappa shape index (κ3) is 6.97. The maximum Gasteiger partial charge on any atom is 0.255 e. The number of benzene rings is 1. The van der Waals surface area contributed by atoms with Gasteiger partial charge in [0.1, 0.15) is 12.4 Å². The van der Waals surface area contributed by atoms with E-state index in [1.807, 2.05) is 0 Å². The quantitative estimate of drug-likeness (QED) is 0.614. The van der Waals surface area contributed by atoms with Crippen LogP contribution in [0.5, 0.6) is 5.75 Å². The number of likely N-dealkylation sites (tertiary alicyclic amines) is 1. The lowest BCUT2D eigenvalue weighted by molar-refractivity contribution is -0.140. The number of hydrogen-bond donors (Lipinski definition) is 2. The molecule has 2 N–H and O–H groups in total. The van der Waals surface area contributed by atoms with Gasteiger partial charge < -0.3 is 25.2 Å². The van der Waals surface area contributed by atoms with E-state index in [1.165, 1.54) is 6.07 Å². The van der Waals surface area contributed by atoms with E-state index in [2.05, 4.69) is 15.6 Å². The van der Waals surface area contributed by atoms with Crippen molar-refractivity contribution in [1.29, 1.82) is 0 Å². The molecule has 2 aliphatic rings. The van der Waals surface area contributed by atoms with Crippen molar-refractivity contribution in [2.45, 2.75) is 19.3 Å². The Hall–Kier alpha value is -3.66. The summed E-state index contributed by atoms with van der Waals surface area (Å²) in [6.45, 7) is 1.87. The highest BCUT2D eigenvalue weighted by atomic mass is 35.5. The van der Waals surface area contributed by atoms with E-state index in [4.69, 9.17) is 16.3 Å². The van der Waals surface area contributed by atoms with Crippen LogP contribution >= 0.6 is 11.6 Å². The predicted octanol–water partition coefficient (Wildman–Crippen LogP) is 1.74. The fourth-order valence-electron chi connectivity index (χ4n) is 4.49. The van der Waals surface area contributed by atoms with Gasteiger partial charge in [0.25, 0.3) is 11.8 Å². The van der Waals surface area contributed by atoms with Crippen molar-refractivity contribution in [3.63, 3.8) is 0 Å². The van der Waals surface area contributed by atoms with Crippen LogP contribution in [-0.4, -0.2) is 84.3 Å². The zero-order valence-corrected chi connectivity index (χ0v) is 21.2. The molecule has 0 atom stereocenters. The summed E-state index contributed by atoms with van der Waals surface area (Å²) in [7, 11) is 0. The van der Waals surface area contributed by atoms with Gasteiger partial charge in [0.2, 0.25) is 11.8 Å². The first-order valence-electron chi connectivity index (χ1n) is 12.4. The number of fused-ring (bicyclic) bond motifs is 1. The van der Waals surface area contributed by atoms with E-state index < -0.39 is 0 Å². The predicted molar refractivity (Wildman–Crippen MR) is 136 cm³/mol. The van der Waals surface area contributed by atoms with Gasteiger partial charge in [-0.05, 0) is 49.6 Å². The van der Waals surface area contributed by atoms with Gasteiger partial charge in [0, 0.05) is 55.1 Å². The Kier molecular flexibility index (Phi) is 8.95. The zero-order chi connectivity index (χ0) is 26.2. The smallest absolute Gasteiger partial charge is 0.255 e.